The summed E-state index contributed by atoms with van der Waals surface area (Å²) in [5.74, 6) is -0.658. The van der Waals surface area contributed by atoms with Crippen LogP contribution in [0.1, 0.15) is 27.2 Å². The SMILES string of the molecule is C=C(C)C(=O)OCCC[N+](CC)(CC)CCS(=O)(=O)O.[OH-]. The van der Waals surface area contributed by atoms with Crippen molar-refractivity contribution in [1.29, 1.82) is 0 Å². The molecular weight excluding hydrogens is 298 g/mol. The molecule has 0 aliphatic heterocycles. The summed E-state index contributed by atoms with van der Waals surface area (Å²) in [5, 5.41) is 0. The number of rotatable bonds is 10. The van der Waals surface area contributed by atoms with E-state index in [2.05, 4.69) is 6.58 Å². The lowest BCUT2D eigenvalue weighted by Gasteiger charge is -2.36. The fourth-order valence-corrected chi connectivity index (χ4v) is 2.58. The van der Waals surface area contributed by atoms with Crippen LogP contribution in [0.25, 0.3) is 0 Å². The Kier molecular flexibility index (Phi) is 10.5. The molecule has 0 radical (unpaired) electrons. The van der Waals surface area contributed by atoms with Crippen LogP contribution in [0, 0.1) is 0 Å². The molecule has 0 spiro atoms. The molecule has 0 aromatic heterocycles. The van der Waals surface area contributed by atoms with Gasteiger partial charge in [-0.05, 0) is 20.8 Å². The largest absolute Gasteiger partial charge is 0.870 e. The highest BCUT2D eigenvalue weighted by Crippen LogP contribution is 2.09. The Morgan fingerprint density at radius 2 is 1.76 bits per heavy atom. The Morgan fingerprint density at radius 3 is 2.14 bits per heavy atom. The Balaban J connectivity index is 0. The summed E-state index contributed by atoms with van der Waals surface area (Å²) in [5.41, 5.74) is 0.364. The molecule has 7 nitrogen and oxygen atoms in total. The van der Waals surface area contributed by atoms with E-state index in [1.807, 2.05) is 13.8 Å². The Bertz CT molecular complexity index is 428. The van der Waals surface area contributed by atoms with E-state index in [4.69, 9.17) is 9.29 Å². The van der Waals surface area contributed by atoms with Crippen molar-refractivity contribution in [1.82, 2.24) is 0 Å². The summed E-state index contributed by atoms with van der Waals surface area (Å²) in [7, 11) is -3.95. The predicted molar refractivity (Wildman–Crippen MR) is 79.8 cm³/mol. The molecule has 2 N–H and O–H groups in total. The van der Waals surface area contributed by atoms with Crippen LogP contribution >= 0.6 is 0 Å². The van der Waals surface area contributed by atoms with Crippen LogP contribution in [0.3, 0.4) is 0 Å². The predicted octanol–water partition coefficient (Wildman–Crippen LogP) is 1.06. The molecule has 0 atom stereocenters. The lowest BCUT2D eigenvalue weighted by Crippen LogP contribution is -2.51. The van der Waals surface area contributed by atoms with Crippen molar-refractivity contribution in [2.45, 2.75) is 27.2 Å². The highest BCUT2D eigenvalue weighted by molar-refractivity contribution is 7.85. The highest BCUT2D eigenvalue weighted by atomic mass is 32.2. The van der Waals surface area contributed by atoms with Gasteiger partial charge < -0.3 is 14.7 Å². The van der Waals surface area contributed by atoms with Crippen LogP contribution in [-0.4, -0.2) is 67.4 Å². The molecule has 0 fully saturated rings. The molecule has 0 unspecified atom stereocenters. The topological polar surface area (TPSA) is 111 Å². The lowest BCUT2D eigenvalue weighted by molar-refractivity contribution is -0.922. The van der Waals surface area contributed by atoms with Crippen molar-refractivity contribution in [3.63, 3.8) is 0 Å². The maximum Gasteiger partial charge on any atom is 0.333 e. The summed E-state index contributed by atoms with van der Waals surface area (Å²) in [4.78, 5) is 11.2. The van der Waals surface area contributed by atoms with Crippen LogP contribution in [0.2, 0.25) is 0 Å². The van der Waals surface area contributed by atoms with Crippen LogP contribution in [0.4, 0.5) is 0 Å². The normalized spacial score (nSPS) is 11.6. The first-order chi connectivity index (χ1) is 9.16. The first-order valence-corrected chi connectivity index (χ1v) is 8.39. The fraction of sp³-hybridized carbons (Fsp3) is 0.769. The van der Waals surface area contributed by atoms with E-state index >= 15 is 0 Å². The van der Waals surface area contributed by atoms with Gasteiger partial charge in [0.25, 0.3) is 10.1 Å². The first kappa shape index (κ1) is 22.3. The van der Waals surface area contributed by atoms with Gasteiger partial charge in [0.15, 0.2) is 0 Å². The van der Waals surface area contributed by atoms with Crippen LogP contribution in [0.15, 0.2) is 12.2 Å². The number of carbonyl (C=O) groups excluding carboxylic acids is 1. The molecular formula is C13H27NO6S. The van der Waals surface area contributed by atoms with Gasteiger partial charge in [0.05, 0.1) is 32.8 Å². The molecule has 0 heterocycles. The number of hydrogen-bond acceptors (Lipinski definition) is 5. The van der Waals surface area contributed by atoms with Gasteiger partial charge in [-0.2, -0.15) is 8.42 Å². The van der Waals surface area contributed by atoms with Crippen molar-refractivity contribution in [3.8, 4) is 0 Å². The second-order valence-corrected chi connectivity index (χ2v) is 6.55. The Hall–Kier alpha value is -0.960. The number of ether oxygens (including phenoxy) is 1. The molecule has 0 aromatic carbocycles. The third-order valence-corrected chi connectivity index (χ3v) is 4.22. The molecule has 0 rings (SSSR count). The number of quaternary nitrogens is 1. The summed E-state index contributed by atoms with van der Waals surface area (Å²) in [6.07, 6.45) is 0.645. The van der Waals surface area contributed by atoms with Crippen molar-refractivity contribution >= 4 is 16.1 Å². The summed E-state index contributed by atoms with van der Waals surface area (Å²) >= 11 is 0. The van der Waals surface area contributed by atoms with Gasteiger partial charge in [-0.1, -0.05) is 6.58 Å². The van der Waals surface area contributed by atoms with Gasteiger partial charge in [-0.3, -0.25) is 4.55 Å². The molecule has 0 aliphatic rings. The average molecular weight is 325 g/mol. The smallest absolute Gasteiger partial charge is 0.333 e. The van der Waals surface area contributed by atoms with Gasteiger partial charge in [-0.25, -0.2) is 4.79 Å². The average Bonchev–Trinajstić information content (AvgIpc) is 2.37. The van der Waals surface area contributed by atoms with E-state index < -0.39 is 16.1 Å². The summed E-state index contributed by atoms with van der Waals surface area (Å²) < 4.78 is 36.2. The minimum atomic E-state index is -3.95. The van der Waals surface area contributed by atoms with Crippen LogP contribution in [-0.2, 0) is 19.6 Å². The second kappa shape index (κ2) is 9.88. The maximum atomic E-state index is 11.2. The van der Waals surface area contributed by atoms with Crippen molar-refractivity contribution in [2.24, 2.45) is 0 Å². The van der Waals surface area contributed by atoms with Gasteiger partial charge in [0, 0.05) is 12.0 Å². The minimum absolute atomic E-state index is 0. The van der Waals surface area contributed by atoms with E-state index in [0.717, 1.165) is 13.1 Å². The highest BCUT2D eigenvalue weighted by Gasteiger charge is 2.25. The van der Waals surface area contributed by atoms with Crippen LogP contribution in [0.5, 0.6) is 0 Å². The number of esters is 1. The molecule has 0 aliphatic carbocycles. The maximum absolute atomic E-state index is 11.2. The van der Waals surface area contributed by atoms with E-state index in [0.29, 0.717) is 29.6 Å². The van der Waals surface area contributed by atoms with Crippen molar-refractivity contribution in [2.75, 3.05) is 38.5 Å². The number of nitrogens with zero attached hydrogens (tertiary/aromatic N) is 1. The zero-order valence-electron chi connectivity index (χ0n) is 13.0. The number of hydrogen-bond donors (Lipinski definition) is 1. The minimum Gasteiger partial charge on any atom is -0.870 e. The molecule has 8 heteroatoms. The molecule has 21 heavy (non-hydrogen) atoms. The second-order valence-electron chi connectivity index (χ2n) is 4.98. The third kappa shape index (κ3) is 9.57. The van der Waals surface area contributed by atoms with Gasteiger partial charge in [-0.15, -0.1) is 0 Å². The molecule has 0 saturated heterocycles. The summed E-state index contributed by atoms with van der Waals surface area (Å²) in [6.45, 7) is 11.9. The Morgan fingerprint density at radius 1 is 1.24 bits per heavy atom. The molecule has 0 saturated carbocycles. The monoisotopic (exact) mass is 325 g/mol. The third-order valence-electron chi connectivity index (χ3n) is 3.52. The molecule has 0 amide bonds. The van der Waals surface area contributed by atoms with Crippen molar-refractivity contribution < 1.29 is 32.5 Å². The number of carbonyl (C=O) groups is 1. The molecule has 0 bridgehead atoms. The van der Waals surface area contributed by atoms with E-state index in [-0.39, 0.29) is 17.8 Å². The zero-order chi connectivity index (χ0) is 15.8. The molecule has 0 aromatic rings. The van der Waals surface area contributed by atoms with E-state index in [1.165, 1.54) is 0 Å². The van der Waals surface area contributed by atoms with E-state index in [9.17, 15) is 13.2 Å². The zero-order valence-corrected chi connectivity index (χ0v) is 13.9. The van der Waals surface area contributed by atoms with Crippen LogP contribution < -0.4 is 0 Å². The standard InChI is InChI=1S/C13H25NO5S.H2O/c1-5-14(6-2,9-11-20(16,17)18)8-7-10-19-13(15)12(3)4;/h3,5-11H2,1-2,4H3;1H2. The Labute approximate surface area is 127 Å². The quantitative estimate of drug-likeness (QED) is 0.211. The van der Waals surface area contributed by atoms with Gasteiger partial charge in [0.1, 0.15) is 5.75 Å². The fourth-order valence-electron chi connectivity index (χ4n) is 1.96. The summed E-state index contributed by atoms with van der Waals surface area (Å²) in [6, 6.07) is 0. The lowest BCUT2D eigenvalue weighted by atomic mass is 10.3. The van der Waals surface area contributed by atoms with E-state index in [1.54, 1.807) is 6.92 Å². The van der Waals surface area contributed by atoms with Gasteiger partial charge >= 0.3 is 5.97 Å². The van der Waals surface area contributed by atoms with Crippen molar-refractivity contribution in [3.05, 3.63) is 12.2 Å². The first-order valence-electron chi connectivity index (χ1n) is 6.78. The molecule has 126 valence electrons. The van der Waals surface area contributed by atoms with Gasteiger partial charge in [0.2, 0.25) is 0 Å².